The summed E-state index contributed by atoms with van der Waals surface area (Å²) in [6.07, 6.45) is -1.83. The monoisotopic (exact) mass is 397 g/mol. The van der Waals surface area contributed by atoms with Gasteiger partial charge in [-0.1, -0.05) is 95.5 Å². The summed E-state index contributed by atoms with van der Waals surface area (Å²) in [5.74, 6) is 0. The van der Waals surface area contributed by atoms with Crippen molar-refractivity contribution in [3.05, 3.63) is 71.8 Å². The predicted octanol–water partition coefficient (Wildman–Crippen LogP) is 5.12. The van der Waals surface area contributed by atoms with Crippen molar-refractivity contribution in [1.29, 1.82) is 0 Å². The molecule has 25 heavy (non-hydrogen) atoms. The van der Waals surface area contributed by atoms with Gasteiger partial charge in [-0.15, -0.1) is 0 Å². The van der Waals surface area contributed by atoms with Crippen LogP contribution < -0.4 is 0 Å². The van der Waals surface area contributed by atoms with Gasteiger partial charge < -0.3 is 4.74 Å². The van der Waals surface area contributed by atoms with Crippen LogP contribution in [-0.2, 0) is 10.4 Å². The van der Waals surface area contributed by atoms with Gasteiger partial charge >= 0.3 is 6.09 Å². The molecule has 1 unspecified atom stereocenters. The number of azo groups is 1. The molecule has 0 N–H and O–H groups in total. The molecule has 0 radical (unpaired) electrons. The highest BCUT2D eigenvalue weighted by Gasteiger charge is 2.57. The molecule has 0 bridgehead atoms. The zero-order chi connectivity index (χ0) is 18.1. The number of ether oxygens (including phenoxy) is 1. The molecule has 0 saturated carbocycles. The van der Waals surface area contributed by atoms with Gasteiger partial charge in [0.2, 0.25) is 9.46 Å². The van der Waals surface area contributed by atoms with E-state index in [0.29, 0.717) is 11.1 Å². The van der Waals surface area contributed by atoms with Crippen LogP contribution in [-0.4, -0.2) is 28.1 Å². The fourth-order valence-corrected chi connectivity index (χ4v) is 3.28. The molecule has 0 fully saturated rings. The number of amides is 1. The van der Waals surface area contributed by atoms with Gasteiger partial charge in [0, 0.05) is 11.1 Å². The summed E-state index contributed by atoms with van der Waals surface area (Å²) in [5, 5.41) is 8.52. The van der Waals surface area contributed by atoms with E-state index in [9.17, 15) is 4.79 Å². The van der Waals surface area contributed by atoms with E-state index >= 15 is 0 Å². The van der Waals surface area contributed by atoms with Gasteiger partial charge in [0.1, 0.15) is 0 Å². The summed E-state index contributed by atoms with van der Waals surface area (Å²) in [6.45, 7) is 0. The number of halogens is 3. The van der Waals surface area contributed by atoms with E-state index < -0.39 is 21.7 Å². The lowest BCUT2D eigenvalue weighted by Crippen LogP contribution is -2.53. The number of alkyl halides is 3. The van der Waals surface area contributed by atoms with Gasteiger partial charge in [-0.2, -0.15) is 10.2 Å². The van der Waals surface area contributed by atoms with E-state index in [1.165, 1.54) is 12.0 Å². The standard InChI is InChI=1S/C17H14Cl3N3O2/c1-25-15(24)23-14(17(18,19)20)21-22-16(23,12-8-4-2-5-9-12)13-10-6-3-7-11-13/h2-11,14H,1H3. The predicted molar refractivity (Wildman–Crippen MR) is 96.8 cm³/mol. The molecular formula is C17H14Cl3N3O2. The van der Waals surface area contributed by atoms with Crippen molar-refractivity contribution >= 4 is 40.9 Å². The van der Waals surface area contributed by atoms with Crippen molar-refractivity contribution < 1.29 is 9.53 Å². The summed E-state index contributed by atoms with van der Waals surface area (Å²) < 4.78 is 3.08. The molecule has 0 spiro atoms. The molecule has 1 aliphatic rings. The van der Waals surface area contributed by atoms with Gasteiger partial charge in [-0.25, -0.2) is 9.69 Å². The first-order chi connectivity index (χ1) is 11.9. The van der Waals surface area contributed by atoms with Gasteiger partial charge in [0.15, 0.2) is 6.17 Å². The van der Waals surface area contributed by atoms with Crippen molar-refractivity contribution in [2.75, 3.05) is 7.11 Å². The number of hydrogen-bond acceptors (Lipinski definition) is 4. The number of carbonyl (C=O) groups excluding carboxylic acids is 1. The minimum absolute atomic E-state index is 0.700. The average molecular weight is 399 g/mol. The van der Waals surface area contributed by atoms with Gasteiger partial charge in [-0.3, -0.25) is 0 Å². The lowest BCUT2D eigenvalue weighted by Gasteiger charge is -2.38. The van der Waals surface area contributed by atoms with E-state index in [2.05, 4.69) is 10.2 Å². The number of carbonyl (C=O) groups is 1. The quantitative estimate of drug-likeness (QED) is 0.659. The van der Waals surface area contributed by atoms with Gasteiger partial charge in [-0.05, 0) is 0 Å². The molecule has 1 atom stereocenters. The summed E-state index contributed by atoms with van der Waals surface area (Å²) >= 11 is 18.2. The summed E-state index contributed by atoms with van der Waals surface area (Å²) in [7, 11) is 1.26. The number of benzene rings is 2. The normalized spacial score (nSPS) is 19.0. The van der Waals surface area contributed by atoms with Crippen LogP contribution in [0.3, 0.4) is 0 Å². The van der Waals surface area contributed by atoms with Crippen LogP contribution in [0.1, 0.15) is 11.1 Å². The highest BCUT2D eigenvalue weighted by molar-refractivity contribution is 6.68. The first kappa shape index (κ1) is 18.0. The zero-order valence-electron chi connectivity index (χ0n) is 13.1. The maximum Gasteiger partial charge on any atom is 0.413 e. The highest BCUT2D eigenvalue weighted by atomic mass is 35.6. The van der Waals surface area contributed by atoms with Crippen LogP contribution in [0.2, 0.25) is 0 Å². The third-order valence-electron chi connectivity index (χ3n) is 3.92. The third-order valence-corrected chi connectivity index (χ3v) is 4.51. The van der Waals surface area contributed by atoms with Crippen molar-refractivity contribution in [3.8, 4) is 0 Å². The number of hydrogen-bond donors (Lipinski definition) is 0. The summed E-state index contributed by atoms with van der Waals surface area (Å²) in [5.41, 5.74) is 0.115. The highest BCUT2D eigenvalue weighted by Crippen LogP contribution is 2.49. The molecule has 0 aliphatic carbocycles. The topological polar surface area (TPSA) is 54.3 Å². The van der Waals surface area contributed by atoms with Crippen molar-refractivity contribution in [2.24, 2.45) is 10.2 Å². The lowest BCUT2D eigenvalue weighted by molar-refractivity contribution is 0.0753. The minimum atomic E-state index is -1.87. The number of methoxy groups -OCH3 is 1. The molecule has 1 aliphatic heterocycles. The average Bonchev–Trinajstić information content (AvgIpc) is 3.04. The molecule has 1 heterocycles. The minimum Gasteiger partial charge on any atom is -0.453 e. The Bertz CT molecular complexity index is 739. The Kier molecular flexibility index (Phi) is 4.91. The van der Waals surface area contributed by atoms with Crippen LogP contribution in [0.15, 0.2) is 70.9 Å². The summed E-state index contributed by atoms with van der Waals surface area (Å²) in [4.78, 5) is 13.9. The first-order valence-electron chi connectivity index (χ1n) is 7.38. The molecule has 5 nitrogen and oxygen atoms in total. The molecule has 0 saturated heterocycles. The summed E-state index contributed by atoms with van der Waals surface area (Å²) in [6, 6.07) is 18.4. The molecule has 1 amide bonds. The number of rotatable bonds is 2. The van der Waals surface area contributed by atoms with Crippen molar-refractivity contribution in [3.63, 3.8) is 0 Å². The molecule has 8 heteroatoms. The van der Waals surface area contributed by atoms with Crippen LogP contribution in [0.4, 0.5) is 4.79 Å². The second-order valence-electron chi connectivity index (χ2n) is 5.38. The second-order valence-corrected chi connectivity index (χ2v) is 7.74. The third kappa shape index (κ3) is 3.08. The van der Waals surface area contributed by atoms with Crippen LogP contribution in [0, 0.1) is 0 Å². The van der Waals surface area contributed by atoms with Gasteiger partial charge in [0.05, 0.1) is 7.11 Å². The van der Waals surface area contributed by atoms with Crippen LogP contribution in [0.5, 0.6) is 0 Å². The lowest BCUT2D eigenvalue weighted by atomic mass is 9.90. The Balaban J connectivity index is 2.27. The van der Waals surface area contributed by atoms with E-state index in [1.54, 1.807) is 0 Å². The number of nitrogens with zero attached hydrogens (tertiary/aromatic N) is 3. The SMILES string of the molecule is COC(=O)N1C(C(Cl)(Cl)Cl)N=NC1(c1ccccc1)c1ccccc1. The first-order valence-corrected chi connectivity index (χ1v) is 8.51. The van der Waals surface area contributed by atoms with E-state index in [1.807, 2.05) is 60.7 Å². The second kappa shape index (κ2) is 6.83. The largest absolute Gasteiger partial charge is 0.453 e. The molecule has 130 valence electrons. The van der Waals surface area contributed by atoms with Crippen molar-refractivity contribution in [2.45, 2.75) is 15.6 Å². The Hall–Kier alpha value is -1.82. The van der Waals surface area contributed by atoms with Crippen LogP contribution in [0.25, 0.3) is 0 Å². The Labute approximate surface area is 160 Å². The fraction of sp³-hybridized carbons (Fsp3) is 0.235. The maximum atomic E-state index is 12.6. The molecule has 3 rings (SSSR count). The molecule has 0 aromatic heterocycles. The molecular weight excluding hydrogens is 385 g/mol. The molecule has 2 aromatic carbocycles. The molecule has 2 aromatic rings. The fourth-order valence-electron chi connectivity index (χ4n) is 2.86. The Morgan fingerprint density at radius 2 is 1.52 bits per heavy atom. The Morgan fingerprint density at radius 3 is 1.92 bits per heavy atom. The maximum absolute atomic E-state index is 12.6. The van der Waals surface area contributed by atoms with Gasteiger partial charge in [0.25, 0.3) is 0 Å². The van der Waals surface area contributed by atoms with Crippen LogP contribution >= 0.6 is 34.8 Å². The zero-order valence-corrected chi connectivity index (χ0v) is 15.4. The van der Waals surface area contributed by atoms with E-state index in [0.717, 1.165) is 0 Å². The van der Waals surface area contributed by atoms with E-state index in [4.69, 9.17) is 39.5 Å². The Morgan fingerprint density at radius 1 is 1.04 bits per heavy atom. The van der Waals surface area contributed by atoms with Crippen molar-refractivity contribution in [1.82, 2.24) is 4.90 Å². The van der Waals surface area contributed by atoms with E-state index in [-0.39, 0.29) is 0 Å². The smallest absolute Gasteiger partial charge is 0.413 e.